The fourth-order valence-electron chi connectivity index (χ4n) is 3.17. The summed E-state index contributed by atoms with van der Waals surface area (Å²) in [6.07, 6.45) is 5.09. The van der Waals surface area contributed by atoms with Gasteiger partial charge in [0.05, 0.1) is 25.0 Å². The lowest BCUT2D eigenvalue weighted by atomic mass is 10.2. The Balaban J connectivity index is 1.39. The molecule has 7 nitrogen and oxygen atoms in total. The maximum atomic E-state index is 6.04. The van der Waals surface area contributed by atoms with Gasteiger partial charge < -0.3 is 14.8 Å². The molecule has 0 aliphatic heterocycles. The summed E-state index contributed by atoms with van der Waals surface area (Å²) in [5, 5.41) is 13.6. The number of aromatic nitrogens is 4. The molecule has 0 amide bonds. The molecular weight excluding hydrogens is 378 g/mol. The first-order valence-corrected chi connectivity index (χ1v) is 9.34. The zero-order valence-electron chi connectivity index (χ0n) is 16.1. The van der Waals surface area contributed by atoms with Crippen LogP contribution in [0.1, 0.15) is 0 Å². The van der Waals surface area contributed by atoms with Crippen molar-refractivity contribution in [1.29, 1.82) is 0 Å². The summed E-state index contributed by atoms with van der Waals surface area (Å²) >= 11 is 0. The quantitative estimate of drug-likeness (QED) is 0.442. The Bertz CT molecular complexity index is 1330. The van der Waals surface area contributed by atoms with Gasteiger partial charge in [0.25, 0.3) is 0 Å². The van der Waals surface area contributed by atoms with Gasteiger partial charge in [0.15, 0.2) is 11.6 Å². The average Bonchev–Trinajstić information content (AvgIpc) is 2.80. The van der Waals surface area contributed by atoms with Crippen LogP contribution in [0.4, 0.5) is 11.5 Å². The summed E-state index contributed by atoms with van der Waals surface area (Å²) in [6, 6.07) is 19.2. The first-order chi connectivity index (χ1) is 14.8. The number of hydrogen-bond acceptors (Lipinski definition) is 7. The molecule has 0 radical (unpaired) electrons. The Hall–Kier alpha value is -4.26. The highest BCUT2D eigenvalue weighted by molar-refractivity contribution is 5.92. The van der Waals surface area contributed by atoms with Crippen LogP contribution in [0.15, 0.2) is 79.3 Å². The third kappa shape index (κ3) is 3.44. The summed E-state index contributed by atoms with van der Waals surface area (Å²) in [7, 11) is 1.60. The molecule has 0 aliphatic carbocycles. The number of rotatable bonds is 5. The Morgan fingerprint density at radius 3 is 2.60 bits per heavy atom. The van der Waals surface area contributed by atoms with Crippen molar-refractivity contribution in [1.82, 2.24) is 20.2 Å². The zero-order chi connectivity index (χ0) is 20.3. The second kappa shape index (κ2) is 7.63. The molecular formula is C23H17N5O2. The van der Waals surface area contributed by atoms with Gasteiger partial charge in [-0.3, -0.25) is 4.98 Å². The number of hydrogen-bond donors (Lipinski definition) is 1. The predicted octanol–water partition coefficient (Wildman–Crippen LogP) is 5.12. The van der Waals surface area contributed by atoms with Gasteiger partial charge in [0.2, 0.25) is 0 Å². The van der Waals surface area contributed by atoms with Crippen LogP contribution < -0.4 is 14.8 Å². The summed E-state index contributed by atoms with van der Waals surface area (Å²) in [5.41, 5.74) is 2.27. The zero-order valence-corrected chi connectivity index (χ0v) is 16.1. The number of benzene rings is 2. The first-order valence-electron chi connectivity index (χ1n) is 9.34. The molecule has 146 valence electrons. The number of pyridine rings is 2. The Morgan fingerprint density at radius 1 is 0.867 bits per heavy atom. The lowest BCUT2D eigenvalue weighted by Crippen LogP contribution is -1.96. The van der Waals surface area contributed by atoms with Crippen LogP contribution in [0.2, 0.25) is 0 Å². The van der Waals surface area contributed by atoms with Crippen molar-refractivity contribution in [2.75, 3.05) is 12.4 Å². The van der Waals surface area contributed by atoms with Crippen LogP contribution in [-0.4, -0.2) is 27.3 Å². The van der Waals surface area contributed by atoms with Crippen LogP contribution in [0.5, 0.6) is 17.2 Å². The van der Waals surface area contributed by atoms with Crippen molar-refractivity contribution in [2.24, 2.45) is 0 Å². The second-order valence-corrected chi connectivity index (χ2v) is 6.58. The standard InChI is InChI=1S/C23H17N5O2/c1-29-18-12-20-22(25-14-18)21(10-11-24-20)30-17-8-6-16(7-9-17)27-23-19-5-3-2-4-15(19)13-26-28-23/h2-14H,1H3,(H,27,28). The minimum Gasteiger partial charge on any atom is -0.495 e. The number of nitrogens with zero attached hydrogens (tertiary/aromatic N) is 4. The minimum absolute atomic E-state index is 0.628. The lowest BCUT2D eigenvalue weighted by Gasteiger charge is -2.11. The highest BCUT2D eigenvalue weighted by atomic mass is 16.5. The molecule has 30 heavy (non-hydrogen) atoms. The van der Waals surface area contributed by atoms with E-state index in [1.54, 1.807) is 31.8 Å². The molecule has 0 spiro atoms. The molecule has 0 unspecified atom stereocenters. The van der Waals surface area contributed by atoms with E-state index in [9.17, 15) is 0 Å². The van der Waals surface area contributed by atoms with Crippen molar-refractivity contribution in [3.63, 3.8) is 0 Å². The van der Waals surface area contributed by atoms with E-state index in [1.165, 1.54) is 0 Å². The van der Waals surface area contributed by atoms with Crippen LogP contribution in [-0.2, 0) is 0 Å². The molecule has 0 saturated carbocycles. The average molecular weight is 395 g/mol. The van der Waals surface area contributed by atoms with Crippen LogP contribution in [0, 0.1) is 0 Å². The van der Waals surface area contributed by atoms with Crippen LogP contribution in [0.25, 0.3) is 21.8 Å². The van der Waals surface area contributed by atoms with E-state index in [1.807, 2.05) is 54.6 Å². The Morgan fingerprint density at radius 2 is 1.73 bits per heavy atom. The largest absolute Gasteiger partial charge is 0.495 e. The Labute approximate surface area is 172 Å². The molecule has 3 heterocycles. The molecule has 0 bridgehead atoms. The fourth-order valence-corrected chi connectivity index (χ4v) is 3.17. The topological polar surface area (TPSA) is 82.0 Å². The van der Waals surface area contributed by atoms with Gasteiger partial charge in [0, 0.05) is 34.8 Å². The van der Waals surface area contributed by atoms with Gasteiger partial charge in [-0.25, -0.2) is 4.98 Å². The first kappa shape index (κ1) is 17.8. The molecule has 0 fully saturated rings. The fraction of sp³-hybridized carbons (Fsp3) is 0.0435. The maximum absolute atomic E-state index is 6.04. The van der Waals surface area contributed by atoms with Crippen molar-refractivity contribution < 1.29 is 9.47 Å². The normalized spacial score (nSPS) is 10.8. The maximum Gasteiger partial charge on any atom is 0.160 e. The number of fused-ring (bicyclic) bond motifs is 2. The van der Waals surface area contributed by atoms with E-state index in [4.69, 9.17) is 9.47 Å². The molecule has 5 rings (SSSR count). The van der Waals surface area contributed by atoms with Crippen LogP contribution >= 0.6 is 0 Å². The summed E-state index contributed by atoms with van der Waals surface area (Å²) < 4.78 is 11.3. The Kier molecular flexibility index (Phi) is 4.53. The molecule has 1 N–H and O–H groups in total. The van der Waals surface area contributed by atoms with Gasteiger partial charge in [0.1, 0.15) is 17.0 Å². The highest BCUT2D eigenvalue weighted by Crippen LogP contribution is 2.30. The van der Waals surface area contributed by atoms with E-state index in [0.29, 0.717) is 34.1 Å². The highest BCUT2D eigenvalue weighted by Gasteiger charge is 2.08. The smallest absolute Gasteiger partial charge is 0.160 e. The van der Waals surface area contributed by atoms with E-state index in [-0.39, 0.29) is 0 Å². The summed E-state index contributed by atoms with van der Waals surface area (Å²) in [5.74, 6) is 2.68. The minimum atomic E-state index is 0.628. The number of methoxy groups -OCH3 is 1. The van der Waals surface area contributed by atoms with Gasteiger partial charge in [-0.1, -0.05) is 24.3 Å². The predicted molar refractivity (Wildman–Crippen MR) is 115 cm³/mol. The number of anilines is 2. The van der Waals surface area contributed by atoms with Gasteiger partial charge >= 0.3 is 0 Å². The summed E-state index contributed by atoms with van der Waals surface area (Å²) in [6.45, 7) is 0. The van der Waals surface area contributed by atoms with Crippen molar-refractivity contribution >= 4 is 33.3 Å². The van der Waals surface area contributed by atoms with E-state index >= 15 is 0 Å². The monoisotopic (exact) mass is 395 g/mol. The van der Waals surface area contributed by atoms with E-state index in [0.717, 1.165) is 16.5 Å². The second-order valence-electron chi connectivity index (χ2n) is 6.58. The summed E-state index contributed by atoms with van der Waals surface area (Å²) in [4.78, 5) is 8.74. The molecule has 0 aliphatic rings. The van der Waals surface area contributed by atoms with Gasteiger partial charge in [-0.05, 0) is 24.3 Å². The molecule has 3 aromatic heterocycles. The van der Waals surface area contributed by atoms with Crippen molar-refractivity contribution in [3.05, 3.63) is 79.3 Å². The van der Waals surface area contributed by atoms with Crippen molar-refractivity contribution in [2.45, 2.75) is 0 Å². The number of nitrogens with one attached hydrogen (secondary N) is 1. The van der Waals surface area contributed by atoms with E-state index < -0.39 is 0 Å². The SMILES string of the molecule is COc1cnc2c(Oc3ccc(Nc4nncc5ccccc45)cc3)ccnc2c1. The molecule has 7 heteroatoms. The molecule has 0 atom stereocenters. The molecule has 5 aromatic rings. The molecule has 0 saturated heterocycles. The van der Waals surface area contributed by atoms with Crippen molar-refractivity contribution in [3.8, 4) is 17.2 Å². The van der Waals surface area contributed by atoms with Crippen LogP contribution in [0.3, 0.4) is 0 Å². The third-order valence-corrected chi connectivity index (χ3v) is 4.67. The molecule has 2 aromatic carbocycles. The lowest BCUT2D eigenvalue weighted by molar-refractivity contribution is 0.413. The van der Waals surface area contributed by atoms with Gasteiger partial charge in [-0.2, -0.15) is 5.10 Å². The van der Waals surface area contributed by atoms with Gasteiger partial charge in [-0.15, -0.1) is 5.10 Å². The third-order valence-electron chi connectivity index (χ3n) is 4.67. The number of ether oxygens (including phenoxy) is 2. The van der Waals surface area contributed by atoms with E-state index in [2.05, 4.69) is 25.5 Å².